The average Bonchev–Trinajstić information content (AvgIpc) is 2.87. The van der Waals surface area contributed by atoms with Crippen molar-refractivity contribution in [3.8, 4) is 0 Å². The van der Waals surface area contributed by atoms with Crippen LogP contribution < -0.4 is 11.1 Å². The molecule has 2 aromatic rings. The van der Waals surface area contributed by atoms with Gasteiger partial charge in [-0.15, -0.1) is 24.8 Å². The lowest BCUT2D eigenvalue weighted by molar-refractivity contribution is 0.0916. The van der Waals surface area contributed by atoms with Crippen LogP contribution in [-0.4, -0.2) is 23.0 Å². The molecule has 22 heavy (non-hydrogen) atoms. The summed E-state index contributed by atoms with van der Waals surface area (Å²) in [5.74, 6) is 0.0186. The Morgan fingerprint density at radius 3 is 2.55 bits per heavy atom. The summed E-state index contributed by atoms with van der Waals surface area (Å²) in [5, 5.41) is 2.83. The highest BCUT2D eigenvalue weighted by molar-refractivity contribution is 5.95. The van der Waals surface area contributed by atoms with Crippen molar-refractivity contribution in [2.75, 3.05) is 6.54 Å². The van der Waals surface area contributed by atoms with Gasteiger partial charge in [0, 0.05) is 23.8 Å². The predicted molar refractivity (Wildman–Crippen MR) is 93.1 cm³/mol. The molecule has 0 atom stereocenters. The molecule has 5 nitrogen and oxygen atoms in total. The Labute approximate surface area is 142 Å². The van der Waals surface area contributed by atoms with Gasteiger partial charge in [-0.05, 0) is 31.9 Å². The second kappa shape index (κ2) is 8.36. The number of carbonyl (C=O) groups excluding carboxylic acids is 1. The Morgan fingerprint density at radius 2 is 1.95 bits per heavy atom. The van der Waals surface area contributed by atoms with Crippen molar-refractivity contribution in [2.45, 2.75) is 39.2 Å². The van der Waals surface area contributed by atoms with E-state index in [-0.39, 0.29) is 42.0 Å². The topological polar surface area (TPSA) is 81.1 Å². The second-order valence-corrected chi connectivity index (χ2v) is 5.20. The van der Waals surface area contributed by atoms with Crippen LogP contribution in [0.5, 0.6) is 0 Å². The summed E-state index contributed by atoms with van der Waals surface area (Å²) >= 11 is 0. The highest BCUT2D eigenvalue weighted by Crippen LogP contribution is 2.18. The molecule has 0 bridgehead atoms. The van der Waals surface area contributed by atoms with Crippen LogP contribution in [0.2, 0.25) is 0 Å². The molecule has 2 aromatic heterocycles. The third-order valence-corrected chi connectivity index (χ3v) is 3.75. The molecule has 0 saturated carbocycles. The monoisotopic (exact) mass is 347 g/mol. The van der Waals surface area contributed by atoms with Crippen molar-refractivity contribution in [3.63, 3.8) is 0 Å². The number of nitrogens with one attached hydrogen (secondary N) is 1. The first-order chi connectivity index (χ1) is 9.47. The average molecular weight is 348 g/mol. The molecule has 124 valence electrons. The van der Waals surface area contributed by atoms with Crippen LogP contribution in [0.4, 0.5) is 0 Å². The summed E-state index contributed by atoms with van der Waals surface area (Å²) in [6.07, 6.45) is 1.62. The largest absolute Gasteiger partial charge is 0.449 e. The number of fused-ring (bicyclic) bond motifs is 1. The fraction of sp³-hybridized carbons (Fsp3) is 0.467. The molecule has 3 N–H and O–H groups in total. The van der Waals surface area contributed by atoms with Crippen molar-refractivity contribution in [1.29, 1.82) is 0 Å². The number of halogens is 2. The molecule has 7 heteroatoms. The van der Waals surface area contributed by atoms with Gasteiger partial charge in [-0.2, -0.15) is 0 Å². The number of pyridine rings is 1. The van der Waals surface area contributed by atoms with Crippen molar-refractivity contribution >= 4 is 41.8 Å². The Morgan fingerprint density at radius 1 is 1.32 bits per heavy atom. The standard InChI is InChI=1S/C15H21N3O2.2ClH/c1-4-15(16,5-2)9-17-14(19)13-8-11-12(20-13)7-6-10(3)18-11;;/h6-8H,4-5,9,16H2,1-3H3,(H,17,19);2*1H. The molecule has 0 aliphatic rings. The van der Waals surface area contributed by atoms with Gasteiger partial charge in [0.1, 0.15) is 5.52 Å². The number of aryl methyl sites for hydroxylation is 1. The minimum absolute atomic E-state index is 0. The van der Waals surface area contributed by atoms with Gasteiger partial charge in [-0.25, -0.2) is 4.98 Å². The van der Waals surface area contributed by atoms with E-state index in [0.29, 0.717) is 17.6 Å². The summed E-state index contributed by atoms with van der Waals surface area (Å²) in [4.78, 5) is 16.4. The van der Waals surface area contributed by atoms with Crippen LogP contribution in [0.3, 0.4) is 0 Å². The number of nitrogens with zero attached hydrogens (tertiary/aromatic N) is 1. The Bertz CT molecular complexity index is 624. The first kappa shape index (κ1) is 20.7. The summed E-state index contributed by atoms with van der Waals surface area (Å²) < 4.78 is 5.50. The number of carbonyl (C=O) groups is 1. The smallest absolute Gasteiger partial charge is 0.287 e. The van der Waals surface area contributed by atoms with Crippen LogP contribution in [0.25, 0.3) is 11.1 Å². The molecule has 0 aliphatic heterocycles. The molecule has 0 aliphatic carbocycles. The van der Waals surface area contributed by atoms with E-state index >= 15 is 0 Å². The zero-order chi connectivity index (χ0) is 14.8. The zero-order valence-electron chi connectivity index (χ0n) is 13.0. The van der Waals surface area contributed by atoms with E-state index in [2.05, 4.69) is 10.3 Å². The fourth-order valence-corrected chi connectivity index (χ4v) is 1.98. The molecule has 0 radical (unpaired) electrons. The van der Waals surface area contributed by atoms with Gasteiger partial charge in [0.15, 0.2) is 11.3 Å². The summed E-state index contributed by atoms with van der Waals surface area (Å²) in [7, 11) is 0. The van der Waals surface area contributed by atoms with Gasteiger partial charge in [0.25, 0.3) is 5.91 Å². The number of nitrogens with two attached hydrogens (primary N) is 1. The van der Waals surface area contributed by atoms with Crippen LogP contribution >= 0.6 is 24.8 Å². The highest BCUT2D eigenvalue weighted by Gasteiger charge is 2.22. The van der Waals surface area contributed by atoms with Crippen molar-refractivity contribution in [3.05, 3.63) is 29.7 Å². The fourth-order valence-electron chi connectivity index (χ4n) is 1.98. The van der Waals surface area contributed by atoms with E-state index in [1.54, 1.807) is 6.07 Å². The molecule has 0 fully saturated rings. The van der Waals surface area contributed by atoms with Crippen LogP contribution in [0.1, 0.15) is 42.9 Å². The molecule has 0 saturated heterocycles. The van der Waals surface area contributed by atoms with Gasteiger partial charge >= 0.3 is 0 Å². The molecular weight excluding hydrogens is 325 g/mol. The van der Waals surface area contributed by atoms with Gasteiger partial charge in [-0.1, -0.05) is 13.8 Å². The van der Waals surface area contributed by atoms with E-state index < -0.39 is 0 Å². The van der Waals surface area contributed by atoms with Gasteiger partial charge in [-0.3, -0.25) is 4.79 Å². The first-order valence-corrected chi connectivity index (χ1v) is 6.91. The van der Waals surface area contributed by atoms with E-state index in [4.69, 9.17) is 10.2 Å². The molecule has 0 aromatic carbocycles. The molecule has 2 rings (SSSR count). The molecule has 0 unspecified atom stereocenters. The quantitative estimate of drug-likeness (QED) is 0.869. The van der Waals surface area contributed by atoms with E-state index in [0.717, 1.165) is 18.5 Å². The number of rotatable bonds is 5. The predicted octanol–water partition coefficient (Wildman–Crippen LogP) is 3.23. The zero-order valence-corrected chi connectivity index (χ0v) is 14.6. The lowest BCUT2D eigenvalue weighted by Gasteiger charge is -2.26. The lowest BCUT2D eigenvalue weighted by atomic mass is 9.94. The van der Waals surface area contributed by atoms with E-state index in [1.807, 2.05) is 32.9 Å². The third-order valence-electron chi connectivity index (χ3n) is 3.75. The van der Waals surface area contributed by atoms with Crippen LogP contribution in [0.15, 0.2) is 22.6 Å². The summed E-state index contributed by atoms with van der Waals surface area (Å²) in [6.45, 7) is 6.37. The molecule has 0 spiro atoms. The van der Waals surface area contributed by atoms with Crippen LogP contribution in [-0.2, 0) is 0 Å². The minimum atomic E-state index is -0.365. The van der Waals surface area contributed by atoms with Gasteiger partial charge in [0.05, 0.1) is 0 Å². The number of furan rings is 1. The number of aromatic nitrogens is 1. The van der Waals surface area contributed by atoms with Crippen LogP contribution in [0, 0.1) is 6.92 Å². The second-order valence-electron chi connectivity index (χ2n) is 5.20. The van der Waals surface area contributed by atoms with Gasteiger partial charge < -0.3 is 15.5 Å². The highest BCUT2D eigenvalue weighted by atomic mass is 35.5. The molecular formula is C15H23Cl2N3O2. The lowest BCUT2D eigenvalue weighted by Crippen LogP contribution is -2.49. The van der Waals surface area contributed by atoms with Crippen molar-refractivity contribution < 1.29 is 9.21 Å². The number of hydrogen-bond acceptors (Lipinski definition) is 4. The van der Waals surface area contributed by atoms with Gasteiger partial charge in [0.2, 0.25) is 0 Å². The maximum Gasteiger partial charge on any atom is 0.287 e. The van der Waals surface area contributed by atoms with E-state index in [1.165, 1.54) is 0 Å². The number of hydrogen-bond donors (Lipinski definition) is 2. The van der Waals surface area contributed by atoms with Crippen molar-refractivity contribution in [2.24, 2.45) is 5.73 Å². The maximum atomic E-state index is 12.1. The minimum Gasteiger partial charge on any atom is -0.449 e. The van der Waals surface area contributed by atoms with Crippen molar-refractivity contribution in [1.82, 2.24) is 10.3 Å². The Kier molecular flexibility index (Phi) is 7.87. The summed E-state index contributed by atoms with van der Waals surface area (Å²) in [6, 6.07) is 5.33. The first-order valence-electron chi connectivity index (χ1n) is 6.91. The molecule has 2 heterocycles. The van der Waals surface area contributed by atoms with E-state index in [9.17, 15) is 4.79 Å². The normalized spacial score (nSPS) is 10.7. The third kappa shape index (κ3) is 4.60. The number of amides is 1. The maximum absolute atomic E-state index is 12.1. The summed E-state index contributed by atoms with van der Waals surface area (Å²) in [5.41, 5.74) is 8.00. The Hall–Kier alpha value is -1.30. The molecule has 1 amide bonds. The SMILES string of the molecule is CCC(N)(CC)CNC(=O)c1cc2nc(C)ccc2o1.Cl.Cl. The Balaban J connectivity index is 0.00000220.